The number of amides is 1. The molecule has 1 saturated heterocycles. The number of nitrogens with two attached hydrogens (primary N) is 1. The van der Waals surface area contributed by atoms with Crippen LogP contribution in [-0.2, 0) is 9.53 Å². The first-order chi connectivity index (χ1) is 8.70. The van der Waals surface area contributed by atoms with Gasteiger partial charge in [0.2, 0.25) is 5.91 Å². The van der Waals surface area contributed by atoms with Gasteiger partial charge in [-0.3, -0.25) is 4.79 Å². The zero-order valence-corrected chi connectivity index (χ0v) is 11.4. The van der Waals surface area contributed by atoms with E-state index >= 15 is 0 Å². The fraction of sp³-hybridized carbons (Fsp3) is 0.929. The van der Waals surface area contributed by atoms with Crippen molar-refractivity contribution in [3.8, 4) is 0 Å². The molecule has 2 fully saturated rings. The van der Waals surface area contributed by atoms with Crippen molar-refractivity contribution in [1.82, 2.24) is 4.90 Å². The predicted octanol–water partition coefficient (Wildman–Crippen LogP) is 1.39. The second-order valence-corrected chi connectivity index (χ2v) is 5.69. The van der Waals surface area contributed by atoms with Crippen molar-refractivity contribution in [1.29, 1.82) is 0 Å². The lowest BCUT2D eigenvalue weighted by atomic mass is 9.79. The fourth-order valence-electron chi connectivity index (χ4n) is 3.30. The van der Waals surface area contributed by atoms with E-state index in [1.165, 1.54) is 6.42 Å². The molecular formula is C14H26N2O2. The first-order valence-electron chi connectivity index (χ1n) is 7.31. The van der Waals surface area contributed by atoms with Gasteiger partial charge in [0.15, 0.2) is 0 Å². The van der Waals surface area contributed by atoms with Crippen molar-refractivity contribution >= 4 is 5.91 Å². The minimum Gasteiger partial charge on any atom is -0.382 e. The van der Waals surface area contributed by atoms with Gasteiger partial charge in [-0.05, 0) is 44.4 Å². The van der Waals surface area contributed by atoms with Crippen LogP contribution in [0.2, 0.25) is 0 Å². The van der Waals surface area contributed by atoms with Gasteiger partial charge in [0, 0.05) is 38.8 Å². The first kappa shape index (κ1) is 13.8. The monoisotopic (exact) mass is 254 g/mol. The summed E-state index contributed by atoms with van der Waals surface area (Å²) in [5, 5.41) is 0. The van der Waals surface area contributed by atoms with Crippen LogP contribution in [0, 0.1) is 11.8 Å². The number of fused-ring (bicyclic) bond motifs is 1. The van der Waals surface area contributed by atoms with Crippen molar-refractivity contribution in [3.05, 3.63) is 0 Å². The normalized spacial score (nSPS) is 31.4. The molecule has 0 aromatic heterocycles. The number of likely N-dealkylation sites (tertiary alicyclic amines) is 1. The molecule has 0 aromatic carbocycles. The summed E-state index contributed by atoms with van der Waals surface area (Å²) < 4.78 is 5.27. The van der Waals surface area contributed by atoms with Crippen molar-refractivity contribution in [2.75, 3.05) is 26.3 Å². The minimum absolute atomic E-state index is 0.303. The Balaban J connectivity index is 1.72. The van der Waals surface area contributed by atoms with Crippen LogP contribution >= 0.6 is 0 Å². The summed E-state index contributed by atoms with van der Waals surface area (Å²) >= 11 is 0. The minimum atomic E-state index is 0.303. The molecule has 0 radical (unpaired) electrons. The largest absolute Gasteiger partial charge is 0.382 e. The Morgan fingerprint density at radius 2 is 2.11 bits per heavy atom. The highest BCUT2D eigenvalue weighted by molar-refractivity contribution is 5.76. The summed E-state index contributed by atoms with van der Waals surface area (Å²) in [6.07, 6.45) is 4.92. The second-order valence-electron chi connectivity index (χ2n) is 5.69. The van der Waals surface area contributed by atoms with Gasteiger partial charge in [0.25, 0.3) is 0 Å². The summed E-state index contributed by atoms with van der Waals surface area (Å²) in [7, 11) is 0. The number of hydrogen-bond donors (Lipinski definition) is 1. The molecule has 1 aliphatic carbocycles. The Labute approximate surface area is 110 Å². The van der Waals surface area contributed by atoms with Gasteiger partial charge in [-0.25, -0.2) is 0 Å². The SMILES string of the molecule is CCOCCCC(=O)N1C[C@H]2CCC(N)C[C@H]2C1. The Morgan fingerprint density at radius 1 is 1.33 bits per heavy atom. The van der Waals surface area contributed by atoms with Gasteiger partial charge < -0.3 is 15.4 Å². The van der Waals surface area contributed by atoms with E-state index in [4.69, 9.17) is 10.5 Å². The van der Waals surface area contributed by atoms with E-state index in [1.807, 2.05) is 6.92 Å². The van der Waals surface area contributed by atoms with Gasteiger partial charge in [-0.2, -0.15) is 0 Å². The number of carbonyl (C=O) groups excluding carboxylic acids is 1. The quantitative estimate of drug-likeness (QED) is 0.754. The molecule has 2 rings (SSSR count). The Hall–Kier alpha value is -0.610. The maximum Gasteiger partial charge on any atom is 0.222 e. The van der Waals surface area contributed by atoms with E-state index in [9.17, 15) is 4.79 Å². The maximum absolute atomic E-state index is 12.1. The van der Waals surface area contributed by atoms with Crippen molar-refractivity contribution in [2.24, 2.45) is 17.6 Å². The van der Waals surface area contributed by atoms with E-state index in [0.717, 1.165) is 39.0 Å². The van der Waals surface area contributed by atoms with Gasteiger partial charge in [0.1, 0.15) is 0 Å². The molecule has 1 aliphatic heterocycles. The number of hydrogen-bond acceptors (Lipinski definition) is 3. The van der Waals surface area contributed by atoms with E-state index in [2.05, 4.69) is 4.90 Å². The summed E-state index contributed by atoms with van der Waals surface area (Å²) in [5.41, 5.74) is 6.01. The predicted molar refractivity (Wildman–Crippen MR) is 71.1 cm³/mol. The van der Waals surface area contributed by atoms with Crippen LogP contribution in [0.15, 0.2) is 0 Å². The highest BCUT2D eigenvalue weighted by Gasteiger charge is 2.38. The lowest BCUT2D eigenvalue weighted by molar-refractivity contribution is -0.130. The molecule has 18 heavy (non-hydrogen) atoms. The van der Waals surface area contributed by atoms with Crippen LogP contribution in [0.5, 0.6) is 0 Å². The molecule has 1 heterocycles. The van der Waals surface area contributed by atoms with E-state index in [-0.39, 0.29) is 0 Å². The first-order valence-corrected chi connectivity index (χ1v) is 7.31. The lowest BCUT2D eigenvalue weighted by Crippen LogP contribution is -2.32. The average Bonchev–Trinajstić information content (AvgIpc) is 2.77. The third-order valence-corrected chi connectivity index (χ3v) is 4.33. The number of nitrogens with zero attached hydrogens (tertiary/aromatic N) is 1. The molecule has 2 aliphatic rings. The molecule has 1 saturated carbocycles. The molecule has 4 heteroatoms. The van der Waals surface area contributed by atoms with Crippen molar-refractivity contribution < 1.29 is 9.53 Å². The molecule has 104 valence electrons. The zero-order valence-electron chi connectivity index (χ0n) is 11.4. The lowest BCUT2D eigenvalue weighted by Gasteiger charge is -2.27. The zero-order chi connectivity index (χ0) is 13.0. The van der Waals surface area contributed by atoms with Gasteiger partial charge in [-0.15, -0.1) is 0 Å². The van der Waals surface area contributed by atoms with Crippen LogP contribution in [0.3, 0.4) is 0 Å². The Bertz CT molecular complexity index is 283. The highest BCUT2D eigenvalue weighted by atomic mass is 16.5. The maximum atomic E-state index is 12.1. The van der Waals surface area contributed by atoms with Gasteiger partial charge in [-0.1, -0.05) is 0 Å². The third kappa shape index (κ3) is 3.45. The van der Waals surface area contributed by atoms with Crippen LogP contribution in [0.25, 0.3) is 0 Å². The molecule has 0 spiro atoms. The summed E-state index contributed by atoms with van der Waals surface area (Å²) in [5.74, 6) is 1.67. The average molecular weight is 254 g/mol. The van der Waals surface area contributed by atoms with E-state index < -0.39 is 0 Å². The topological polar surface area (TPSA) is 55.6 Å². The van der Waals surface area contributed by atoms with E-state index in [1.54, 1.807) is 0 Å². The van der Waals surface area contributed by atoms with Crippen LogP contribution in [0.1, 0.15) is 39.0 Å². The summed E-state index contributed by atoms with van der Waals surface area (Å²) in [6, 6.07) is 0.360. The van der Waals surface area contributed by atoms with Crippen LogP contribution in [0.4, 0.5) is 0 Å². The van der Waals surface area contributed by atoms with E-state index in [0.29, 0.717) is 36.8 Å². The summed E-state index contributed by atoms with van der Waals surface area (Å²) in [4.78, 5) is 14.1. The van der Waals surface area contributed by atoms with Crippen LogP contribution in [-0.4, -0.2) is 43.2 Å². The number of ether oxygens (including phenoxy) is 1. The highest BCUT2D eigenvalue weighted by Crippen LogP contribution is 2.35. The molecule has 2 N–H and O–H groups in total. The second kappa shape index (κ2) is 6.53. The molecular weight excluding hydrogens is 228 g/mol. The standard InChI is InChI=1S/C14H26N2O2/c1-2-18-7-3-4-14(17)16-9-11-5-6-13(15)8-12(11)10-16/h11-13H,2-10,15H2,1H3/t11-,12+,13?/m1/s1. The van der Waals surface area contributed by atoms with Gasteiger partial charge in [0.05, 0.1) is 0 Å². The molecule has 0 bridgehead atoms. The Morgan fingerprint density at radius 3 is 2.89 bits per heavy atom. The molecule has 0 aromatic rings. The molecule has 3 atom stereocenters. The molecule has 1 unspecified atom stereocenters. The summed E-state index contributed by atoms with van der Waals surface area (Å²) in [6.45, 7) is 5.32. The third-order valence-electron chi connectivity index (χ3n) is 4.33. The Kier molecular flexibility index (Phi) is 5.01. The number of rotatable bonds is 5. The smallest absolute Gasteiger partial charge is 0.222 e. The van der Waals surface area contributed by atoms with Gasteiger partial charge >= 0.3 is 0 Å². The van der Waals surface area contributed by atoms with Crippen molar-refractivity contribution in [3.63, 3.8) is 0 Å². The molecule has 1 amide bonds. The fourth-order valence-corrected chi connectivity index (χ4v) is 3.30. The van der Waals surface area contributed by atoms with Crippen molar-refractivity contribution in [2.45, 2.75) is 45.1 Å². The molecule has 4 nitrogen and oxygen atoms in total. The number of carbonyl (C=O) groups is 1. The van der Waals surface area contributed by atoms with Crippen LogP contribution < -0.4 is 5.73 Å².